The highest BCUT2D eigenvalue weighted by molar-refractivity contribution is 6.31. The summed E-state index contributed by atoms with van der Waals surface area (Å²) in [5.41, 5.74) is 8.36. The maximum absolute atomic E-state index is 6.10. The number of nitrogens with two attached hydrogens (primary N) is 1. The second-order valence-corrected chi connectivity index (χ2v) is 4.99. The highest BCUT2D eigenvalue weighted by atomic mass is 35.5. The van der Waals surface area contributed by atoms with Crippen molar-refractivity contribution in [3.8, 4) is 0 Å². The Bertz CT molecular complexity index is 320. The predicted octanol–water partition coefficient (Wildman–Crippen LogP) is 4.08. The van der Waals surface area contributed by atoms with Crippen LogP contribution in [-0.2, 0) is 0 Å². The van der Waals surface area contributed by atoms with Gasteiger partial charge in [0.05, 0.1) is 0 Å². The van der Waals surface area contributed by atoms with Crippen LogP contribution in [0.3, 0.4) is 0 Å². The third-order valence-corrected chi connectivity index (χ3v) is 3.09. The molecule has 0 heterocycles. The summed E-state index contributed by atoms with van der Waals surface area (Å²) in [7, 11) is 0. The summed E-state index contributed by atoms with van der Waals surface area (Å²) in [4.78, 5) is 0. The fourth-order valence-electron chi connectivity index (χ4n) is 1.52. The van der Waals surface area contributed by atoms with E-state index in [0.29, 0.717) is 5.92 Å². The first-order chi connectivity index (χ1) is 7.00. The highest BCUT2D eigenvalue weighted by Crippen LogP contribution is 2.23. The Labute approximate surface area is 97.6 Å². The fraction of sp³-hybridized carbons (Fsp3) is 0.538. The molecular formula is C13H20ClN. The lowest BCUT2D eigenvalue weighted by atomic mass is 9.98. The molecule has 0 radical (unpaired) electrons. The molecule has 2 heteroatoms. The topological polar surface area (TPSA) is 26.0 Å². The zero-order valence-electron chi connectivity index (χ0n) is 9.76. The summed E-state index contributed by atoms with van der Waals surface area (Å²) in [5, 5.41) is 0.812. The van der Waals surface area contributed by atoms with E-state index in [9.17, 15) is 0 Å². The van der Waals surface area contributed by atoms with E-state index >= 15 is 0 Å². The number of halogens is 1. The van der Waals surface area contributed by atoms with E-state index in [1.807, 2.05) is 19.1 Å². The second-order valence-electron chi connectivity index (χ2n) is 4.59. The van der Waals surface area contributed by atoms with Gasteiger partial charge in [0.1, 0.15) is 0 Å². The van der Waals surface area contributed by atoms with Gasteiger partial charge in [-0.05, 0) is 42.9 Å². The lowest BCUT2D eigenvalue weighted by Crippen LogP contribution is -2.11. The van der Waals surface area contributed by atoms with Crippen LogP contribution in [-0.4, -0.2) is 0 Å². The minimum Gasteiger partial charge on any atom is -0.324 e. The summed E-state index contributed by atoms with van der Waals surface area (Å²) in [6.45, 7) is 6.44. The predicted molar refractivity (Wildman–Crippen MR) is 67.2 cm³/mol. The average molecular weight is 226 g/mol. The van der Waals surface area contributed by atoms with Crippen molar-refractivity contribution in [2.24, 2.45) is 11.7 Å². The van der Waals surface area contributed by atoms with Crippen molar-refractivity contribution in [3.63, 3.8) is 0 Å². The standard InChI is InChI=1S/C13H20ClN/c1-9(2)4-7-13(15)11-6-5-10(3)12(14)8-11/h5-6,8-9,13H,4,7,15H2,1-3H3/t13-/m0/s1. The van der Waals surface area contributed by atoms with Crippen LogP contribution >= 0.6 is 11.6 Å². The van der Waals surface area contributed by atoms with Gasteiger partial charge >= 0.3 is 0 Å². The molecule has 0 aromatic heterocycles. The lowest BCUT2D eigenvalue weighted by molar-refractivity contribution is 0.507. The maximum Gasteiger partial charge on any atom is 0.0438 e. The normalized spacial score (nSPS) is 13.2. The van der Waals surface area contributed by atoms with Crippen LogP contribution in [0.15, 0.2) is 18.2 Å². The molecule has 0 amide bonds. The van der Waals surface area contributed by atoms with E-state index in [1.54, 1.807) is 0 Å². The van der Waals surface area contributed by atoms with Crippen LogP contribution in [0, 0.1) is 12.8 Å². The first kappa shape index (κ1) is 12.5. The molecule has 0 aliphatic rings. The molecule has 1 nitrogen and oxygen atoms in total. The summed E-state index contributed by atoms with van der Waals surface area (Å²) < 4.78 is 0. The molecule has 0 bridgehead atoms. The van der Waals surface area contributed by atoms with E-state index < -0.39 is 0 Å². The molecule has 0 aliphatic carbocycles. The summed E-state index contributed by atoms with van der Waals surface area (Å²) in [5.74, 6) is 0.706. The molecule has 0 saturated heterocycles. The Hall–Kier alpha value is -0.530. The van der Waals surface area contributed by atoms with E-state index in [2.05, 4.69) is 19.9 Å². The quantitative estimate of drug-likeness (QED) is 0.821. The number of rotatable bonds is 4. The smallest absolute Gasteiger partial charge is 0.0438 e. The minimum atomic E-state index is 0.116. The van der Waals surface area contributed by atoms with Crippen LogP contribution in [0.5, 0.6) is 0 Å². The molecule has 0 aliphatic heterocycles. The number of hydrogen-bond acceptors (Lipinski definition) is 1. The molecule has 0 saturated carbocycles. The number of hydrogen-bond donors (Lipinski definition) is 1. The minimum absolute atomic E-state index is 0.116. The molecular weight excluding hydrogens is 206 g/mol. The molecule has 1 aromatic rings. The monoisotopic (exact) mass is 225 g/mol. The lowest BCUT2D eigenvalue weighted by Gasteiger charge is -2.14. The molecule has 0 fully saturated rings. The Morgan fingerprint density at radius 2 is 1.93 bits per heavy atom. The third kappa shape index (κ3) is 3.84. The fourth-order valence-corrected chi connectivity index (χ4v) is 1.71. The molecule has 84 valence electrons. The molecule has 15 heavy (non-hydrogen) atoms. The van der Waals surface area contributed by atoms with Crippen molar-refractivity contribution in [1.82, 2.24) is 0 Å². The molecule has 0 unspecified atom stereocenters. The van der Waals surface area contributed by atoms with Gasteiger partial charge in [-0.25, -0.2) is 0 Å². The highest BCUT2D eigenvalue weighted by Gasteiger charge is 2.08. The maximum atomic E-state index is 6.10. The molecule has 0 spiro atoms. The van der Waals surface area contributed by atoms with E-state index in [-0.39, 0.29) is 6.04 Å². The van der Waals surface area contributed by atoms with Crippen molar-refractivity contribution < 1.29 is 0 Å². The van der Waals surface area contributed by atoms with Crippen LogP contribution in [0.2, 0.25) is 5.02 Å². The van der Waals surface area contributed by atoms with Gasteiger partial charge in [0.15, 0.2) is 0 Å². The van der Waals surface area contributed by atoms with Gasteiger partial charge < -0.3 is 5.73 Å². The van der Waals surface area contributed by atoms with Crippen molar-refractivity contribution in [2.75, 3.05) is 0 Å². The van der Waals surface area contributed by atoms with Crippen LogP contribution in [0.1, 0.15) is 43.9 Å². The SMILES string of the molecule is Cc1ccc([C@@H](N)CCC(C)C)cc1Cl. The van der Waals surface area contributed by atoms with Gasteiger partial charge in [0.25, 0.3) is 0 Å². The van der Waals surface area contributed by atoms with Crippen molar-refractivity contribution in [2.45, 2.75) is 39.7 Å². The van der Waals surface area contributed by atoms with Crippen molar-refractivity contribution in [3.05, 3.63) is 34.3 Å². The second kappa shape index (κ2) is 5.53. The summed E-state index contributed by atoms with van der Waals surface area (Å²) in [6.07, 6.45) is 2.18. The molecule has 1 aromatic carbocycles. The number of aryl methyl sites for hydroxylation is 1. The average Bonchev–Trinajstić information content (AvgIpc) is 2.18. The summed E-state index contributed by atoms with van der Waals surface area (Å²) in [6, 6.07) is 6.21. The van der Waals surface area contributed by atoms with Gasteiger partial charge in [0, 0.05) is 11.1 Å². The summed E-state index contributed by atoms with van der Waals surface area (Å²) >= 11 is 6.07. The Balaban J connectivity index is 2.65. The molecule has 1 atom stereocenters. The van der Waals surface area contributed by atoms with E-state index in [1.165, 1.54) is 0 Å². The third-order valence-electron chi connectivity index (χ3n) is 2.68. The van der Waals surface area contributed by atoms with Crippen LogP contribution in [0.4, 0.5) is 0 Å². The van der Waals surface area contributed by atoms with Gasteiger partial charge in [0.2, 0.25) is 0 Å². The van der Waals surface area contributed by atoms with Crippen molar-refractivity contribution in [1.29, 1.82) is 0 Å². The number of benzene rings is 1. The van der Waals surface area contributed by atoms with Crippen LogP contribution in [0.25, 0.3) is 0 Å². The zero-order chi connectivity index (χ0) is 11.4. The molecule has 1 rings (SSSR count). The Kier molecular flexibility index (Phi) is 4.62. The zero-order valence-corrected chi connectivity index (χ0v) is 10.5. The first-order valence-electron chi connectivity index (χ1n) is 5.52. The largest absolute Gasteiger partial charge is 0.324 e. The van der Waals surface area contributed by atoms with Gasteiger partial charge in [-0.2, -0.15) is 0 Å². The Morgan fingerprint density at radius 3 is 2.47 bits per heavy atom. The van der Waals surface area contributed by atoms with Gasteiger partial charge in [-0.15, -0.1) is 0 Å². The van der Waals surface area contributed by atoms with E-state index in [4.69, 9.17) is 17.3 Å². The van der Waals surface area contributed by atoms with Gasteiger partial charge in [-0.1, -0.05) is 37.6 Å². The first-order valence-corrected chi connectivity index (χ1v) is 5.90. The van der Waals surface area contributed by atoms with Crippen molar-refractivity contribution >= 4 is 11.6 Å². The molecule has 2 N–H and O–H groups in total. The van der Waals surface area contributed by atoms with E-state index in [0.717, 1.165) is 29.0 Å². The van der Waals surface area contributed by atoms with Gasteiger partial charge in [-0.3, -0.25) is 0 Å². The Morgan fingerprint density at radius 1 is 1.27 bits per heavy atom. The van der Waals surface area contributed by atoms with Crippen LogP contribution < -0.4 is 5.73 Å².